The monoisotopic (exact) mass is 487 g/mol. The largest absolute Gasteiger partial charge is 0.321 e. The van der Waals surface area contributed by atoms with Crippen LogP contribution >= 0.6 is 23.4 Å². The maximum absolute atomic E-state index is 13.6. The van der Waals surface area contributed by atoms with Gasteiger partial charge in [0.2, 0.25) is 5.91 Å². The molecule has 7 heteroatoms. The van der Waals surface area contributed by atoms with Gasteiger partial charge in [0.25, 0.3) is 5.91 Å². The minimum absolute atomic E-state index is 0.110. The number of carbonyl (C=O) groups excluding carboxylic acids is 2. The van der Waals surface area contributed by atoms with Crippen molar-refractivity contribution in [1.82, 2.24) is 0 Å². The molecule has 34 heavy (non-hydrogen) atoms. The van der Waals surface area contributed by atoms with E-state index in [0.717, 1.165) is 16.7 Å². The van der Waals surface area contributed by atoms with Crippen molar-refractivity contribution in [3.8, 4) is 6.07 Å². The number of nitrogens with zero attached hydrogens (tertiary/aromatic N) is 2. The van der Waals surface area contributed by atoms with E-state index in [2.05, 4.69) is 5.32 Å². The SMILES string of the molecule is Cc1ccc(N2C(=O)C(Cc3ccccc3C)S/C2=C(/C#N)C(=O)Nc2ccc(Cl)cc2)cc1. The molecule has 1 unspecified atom stereocenters. The number of hydrogen-bond acceptors (Lipinski definition) is 4. The van der Waals surface area contributed by atoms with Crippen molar-refractivity contribution in [2.45, 2.75) is 25.5 Å². The van der Waals surface area contributed by atoms with Gasteiger partial charge in [0.05, 0.1) is 5.25 Å². The standard InChI is InChI=1S/C27H22ClN3O2S/c1-17-7-13-22(14-8-17)31-26(33)24(15-19-6-4-3-5-18(19)2)34-27(31)23(16-29)25(32)30-21-11-9-20(28)10-12-21/h3-14,24H,15H2,1-2H3,(H,30,32)/b27-23-. The van der Waals surface area contributed by atoms with Crippen LogP contribution in [0, 0.1) is 25.2 Å². The van der Waals surface area contributed by atoms with Crippen molar-refractivity contribution in [2.75, 3.05) is 10.2 Å². The molecular formula is C27H22ClN3O2S. The van der Waals surface area contributed by atoms with E-state index in [1.54, 1.807) is 24.3 Å². The number of aryl methyl sites for hydroxylation is 2. The summed E-state index contributed by atoms with van der Waals surface area (Å²) >= 11 is 7.18. The lowest BCUT2D eigenvalue weighted by Gasteiger charge is -2.19. The molecule has 0 aliphatic carbocycles. The lowest BCUT2D eigenvalue weighted by Crippen LogP contribution is -2.31. The maximum Gasteiger partial charge on any atom is 0.269 e. The summed E-state index contributed by atoms with van der Waals surface area (Å²) in [5.74, 6) is -0.729. The molecule has 170 valence electrons. The number of benzene rings is 3. The molecular weight excluding hydrogens is 466 g/mol. The minimum atomic E-state index is -0.575. The highest BCUT2D eigenvalue weighted by molar-refractivity contribution is 8.05. The topological polar surface area (TPSA) is 73.2 Å². The number of nitriles is 1. The highest BCUT2D eigenvalue weighted by Gasteiger charge is 2.41. The minimum Gasteiger partial charge on any atom is -0.321 e. The Morgan fingerprint density at radius 1 is 1.06 bits per heavy atom. The molecule has 2 amide bonds. The van der Waals surface area contributed by atoms with Crippen molar-refractivity contribution < 1.29 is 9.59 Å². The average molecular weight is 488 g/mol. The molecule has 1 atom stereocenters. The van der Waals surface area contributed by atoms with Gasteiger partial charge in [0.1, 0.15) is 16.7 Å². The summed E-state index contributed by atoms with van der Waals surface area (Å²) < 4.78 is 0. The van der Waals surface area contributed by atoms with Gasteiger partial charge in [0, 0.05) is 16.4 Å². The van der Waals surface area contributed by atoms with Crippen molar-refractivity contribution in [3.05, 3.63) is 105 Å². The number of nitrogens with one attached hydrogen (secondary N) is 1. The van der Waals surface area contributed by atoms with Gasteiger partial charge >= 0.3 is 0 Å². The number of thioether (sulfide) groups is 1. The molecule has 1 aliphatic heterocycles. The molecule has 1 saturated heterocycles. The zero-order valence-electron chi connectivity index (χ0n) is 18.7. The van der Waals surface area contributed by atoms with E-state index in [1.807, 2.05) is 68.4 Å². The van der Waals surface area contributed by atoms with Crippen LogP contribution in [-0.4, -0.2) is 17.1 Å². The Morgan fingerprint density at radius 3 is 2.38 bits per heavy atom. The summed E-state index contributed by atoms with van der Waals surface area (Å²) in [6, 6.07) is 24.0. The van der Waals surface area contributed by atoms with Gasteiger partial charge < -0.3 is 5.32 Å². The second-order valence-corrected chi connectivity index (χ2v) is 9.63. The Labute approximate surface area is 208 Å². The van der Waals surface area contributed by atoms with E-state index in [4.69, 9.17) is 11.6 Å². The van der Waals surface area contributed by atoms with E-state index in [0.29, 0.717) is 27.8 Å². The van der Waals surface area contributed by atoms with E-state index >= 15 is 0 Å². The lowest BCUT2D eigenvalue weighted by molar-refractivity contribution is -0.117. The van der Waals surface area contributed by atoms with Crippen LogP contribution in [0.4, 0.5) is 11.4 Å². The van der Waals surface area contributed by atoms with Gasteiger partial charge in [0.15, 0.2) is 0 Å². The molecule has 1 N–H and O–H groups in total. The fourth-order valence-corrected chi connectivity index (χ4v) is 5.10. The van der Waals surface area contributed by atoms with Gasteiger partial charge in [-0.3, -0.25) is 14.5 Å². The summed E-state index contributed by atoms with van der Waals surface area (Å²) in [6.45, 7) is 3.97. The van der Waals surface area contributed by atoms with E-state index < -0.39 is 11.2 Å². The Kier molecular flexibility index (Phi) is 7.06. The van der Waals surface area contributed by atoms with Crippen LogP contribution in [0.5, 0.6) is 0 Å². The fraction of sp³-hybridized carbons (Fsp3) is 0.148. The van der Waals surface area contributed by atoms with Crippen LogP contribution < -0.4 is 10.2 Å². The van der Waals surface area contributed by atoms with E-state index in [-0.39, 0.29) is 11.5 Å². The highest BCUT2D eigenvalue weighted by atomic mass is 35.5. The zero-order chi connectivity index (χ0) is 24.2. The van der Waals surface area contributed by atoms with Crippen LogP contribution in [0.2, 0.25) is 5.02 Å². The number of anilines is 2. The molecule has 1 fully saturated rings. The van der Waals surface area contributed by atoms with Gasteiger partial charge in [-0.15, -0.1) is 0 Å². The van der Waals surface area contributed by atoms with E-state index in [1.165, 1.54) is 16.7 Å². The summed E-state index contributed by atoms with van der Waals surface area (Å²) in [5.41, 5.74) is 4.22. The first-order valence-electron chi connectivity index (χ1n) is 10.7. The Morgan fingerprint density at radius 2 is 1.74 bits per heavy atom. The van der Waals surface area contributed by atoms with Crippen molar-refractivity contribution in [2.24, 2.45) is 0 Å². The van der Waals surface area contributed by atoms with Crippen molar-refractivity contribution in [3.63, 3.8) is 0 Å². The number of hydrogen-bond donors (Lipinski definition) is 1. The first-order chi connectivity index (χ1) is 16.4. The van der Waals surface area contributed by atoms with Crippen LogP contribution in [0.15, 0.2) is 83.4 Å². The Bertz CT molecular complexity index is 1310. The maximum atomic E-state index is 13.6. The molecule has 0 aromatic heterocycles. The number of halogens is 1. The fourth-order valence-electron chi connectivity index (χ4n) is 3.68. The molecule has 0 radical (unpaired) electrons. The van der Waals surface area contributed by atoms with E-state index in [9.17, 15) is 14.9 Å². The van der Waals surface area contributed by atoms with Gasteiger partial charge in [-0.2, -0.15) is 5.26 Å². The van der Waals surface area contributed by atoms with Gasteiger partial charge in [-0.1, -0.05) is 65.3 Å². The predicted octanol–water partition coefficient (Wildman–Crippen LogP) is 6.02. The van der Waals surface area contributed by atoms with Crippen molar-refractivity contribution in [1.29, 1.82) is 5.26 Å². The molecule has 3 aromatic carbocycles. The highest BCUT2D eigenvalue weighted by Crippen LogP contribution is 2.42. The van der Waals surface area contributed by atoms with Gasteiger partial charge in [-0.25, -0.2) is 0 Å². The predicted molar refractivity (Wildman–Crippen MR) is 138 cm³/mol. The molecule has 0 spiro atoms. The lowest BCUT2D eigenvalue weighted by atomic mass is 10.0. The Hall–Kier alpha value is -3.53. The summed E-state index contributed by atoms with van der Waals surface area (Å²) in [7, 11) is 0. The average Bonchev–Trinajstić information content (AvgIpc) is 3.13. The summed E-state index contributed by atoms with van der Waals surface area (Å²) in [6.07, 6.45) is 0.500. The third-order valence-electron chi connectivity index (χ3n) is 5.57. The normalized spacial score (nSPS) is 16.8. The number of amides is 2. The molecule has 1 aliphatic rings. The third-order valence-corrected chi connectivity index (χ3v) is 7.08. The molecule has 0 saturated carbocycles. The van der Waals surface area contributed by atoms with Gasteiger partial charge in [-0.05, 0) is 67.8 Å². The van der Waals surface area contributed by atoms with Crippen LogP contribution in [0.3, 0.4) is 0 Å². The molecule has 3 aromatic rings. The van der Waals surface area contributed by atoms with Crippen LogP contribution in [-0.2, 0) is 16.0 Å². The second-order valence-electron chi connectivity index (χ2n) is 8.00. The third kappa shape index (κ3) is 5.01. The summed E-state index contributed by atoms with van der Waals surface area (Å²) in [5, 5.41) is 13.1. The van der Waals surface area contributed by atoms with Crippen LogP contribution in [0.1, 0.15) is 16.7 Å². The first kappa shape index (κ1) is 23.6. The zero-order valence-corrected chi connectivity index (χ0v) is 20.3. The molecule has 1 heterocycles. The van der Waals surface area contributed by atoms with Crippen molar-refractivity contribution >= 4 is 46.6 Å². The molecule has 4 rings (SSSR count). The molecule has 0 bridgehead atoms. The quantitative estimate of drug-likeness (QED) is 0.352. The number of carbonyl (C=O) groups is 2. The summed E-state index contributed by atoms with van der Waals surface area (Å²) in [4.78, 5) is 28.2. The Balaban J connectivity index is 1.73. The number of rotatable bonds is 5. The molecule has 5 nitrogen and oxygen atoms in total. The first-order valence-corrected chi connectivity index (χ1v) is 12.0. The second kappa shape index (κ2) is 10.2. The smallest absolute Gasteiger partial charge is 0.269 e. The van der Waals surface area contributed by atoms with Crippen LogP contribution in [0.25, 0.3) is 0 Å².